The predicted molar refractivity (Wildman–Crippen MR) is 66.7 cm³/mol. The summed E-state index contributed by atoms with van der Waals surface area (Å²) in [6.45, 7) is 0.769. The van der Waals surface area contributed by atoms with Crippen molar-refractivity contribution in [3.05, 3.63) is 48.0 Å². The highest BCUT2D eigenvalue weighted by molar-refractivity contribution is 5.51. The molecule has 1 aromatic carbocycles. The van der Waals surface area contributed by atoms with E-state index in [4.69, 9.17) is 10.3 Å². The molecule has 0 unspecified atom stereocenters. The Balaban J connectivity index is 1.78. The van der Waals surface area contributed by atoms with Crippen molar-refractivity contribution in [1.82, 2.24) is 25.1 Å². The molecule has 0 aliphatic carbocycles. The van der Waals surface area contributed by atoms with Crippen LogP contribution in [0.4, 0.5) is 0 Å². The second-order valence-corrected chi connectivity index (χ2v) is 3.99. The van der Waals surface area contributed by atoms with Gasteiger partial charge in [-0.05, 0) is 12.1 Å². The van der Waals surface area contributed by atoms with Gasteiger partial charge in [0.1, 0.15) is 6.54 Å². The van der Waals surface area contributed by atoms with Gasteiger partial charge >= 0.3 is 0 Å². The van der Waals surface area contributed by atoms with Crippen molar-refractivity contribution in [1.29, 1.82) is 0 Å². The lowest BCUT2D eigenvalue weighted by Gasteiger charge is -1.92. The number of nitrogens with zero attached hydrogens (tertiary/aromatic N) is 5. The highest BCUT2D eigenvalue weighted by Gasteiger charge is 2.09. The van der Waals surface area contributed by atoms with Gasteiger partial charge in [0.15, 0.2) is 5.82 Å². The third kappa shape index (κ3) is 2.50. The van der Waals surface area contributed by atoms with Gasteiger partial charge in [-0.1, -0.05) is 28.6 Å². The second kappa shape index (κ2) is 4.99. The smallest absolute Gasteiger partial charge is 0.257 e. The fraction of sp³-hybridized carbons (Fsp3) is 0.167. The van der Waals surface area contributed by atoms with Gasteiger partial charge in [0, 0.05) is 12.1 Å². The summed E-state index contributed by atoms with van der Waals surface area (Å²) in [4.78, 5) is 4.31. The van der Waals surface area contributed by atoms with Crippen LogP contribution in [0, 0.1) is 0 Å². The van der Waals surface area contributed by atoms with E-state index in [0.29, 0.717) is 24.8 Å². The number of benzene rings is 1. The van der Waals surface area contributed by atoms with Crippen LogP contribution >= 0.6 is 0 Å². The van der Waals surface area contributed by atoms with Gasteiger partial charge in [-0.3, -0.25) is 0 Å². The molecule has 0 spiro atoms. The van der Waals surface area contributed by atoms with Gasteiger partial charge < -0.3 is 10.3 Å². The molecule has 0 fully saturated rings. The first-order chi connectivity index (χ1) is 9.35. The topological polar surface area (TPSA) is 95.7 Å². The Hall–Kier alpha value is -2.54. The molecule has 0 aliphatic rings. The average Bonchev–Trinajstić information content (AvgIpc) is 3.09. The fourth-order valence-electron chi connectivity index (χ4n) is 1.67. The molecule has 0 aliphatic heterocycles. The zero-order valence-electron chi connectivity index (χ0n) is 10.1. The lowest BCUT2D eigenvalue weighted by Crippen LogP contribution is -2.02. The summed E-state index contributed by atoms with van der Waals surface area (Å²) in [5.74, 6) is 1.04. The Labute approximate surface area is 109 Å². The maximum Gasteiger partial charge on any atom is 0.257 e. The molecule has 19 heavy (non-hydrogen) atoms. The lowest BCUT2D eigenvalue weighted by molar-refractivity contribution is 0.418. The molecule has 0 amide bonds. The SMILES string of the molecule is NCc1cn(Cc2noc(-c3ccccc3)n2)nn1. The summed E-state index contributed by atoms with van der Waals surface area (Å²) in [6.07, 6.45) is 1.76. The second-order valence-electron chi connectivity index (χ2n) is 3.99. The van der Waals surface area contributed by atoms with Gasteiger partial charge in [-0.2, -0.15) is 4.98 Å². The minimum absolute atomic E-state index is 0.363. The molecule has 2 heterocycles. The Bertz CT molecular complexity index is 660. The van der Waals surface area contributed by atoms with Crippen molar-refractivity contribution in [2.24, 2.45) is 5.73 Å². The number of nitrogens with two attached hydrogens (primary N) is 1. The van der Waals surface area contributed by atoms with Crippen LogP contribution in [0.3, 0.4) is 0 Å². The van der Waals surface area contributed by atoms with E-state index < -0.39 is 0 Å². The van der Waals surface area contributed by atoms with Gasteiger partial charge in [0.05, 0.1) is 11.9 Å². The molecule has 0 bridgehead atoms. The number of rotatable bonds is 4. The predicted octanol–water partition coefficient (Wildman–Crippen LogP) is 0.835. The van der Waals surface area contributed by atoms with E-state index in [1.54, 1.807) is 10.9 Å². The van der Waals surface area contributed by atoms with Crippen LogP contribution in [-0.2, 0) is 13.1 Å². The molecule has 7 heteroatoms. The summed E-state index contributed by atoms with van der Waals surface area (Å²) in [5, 5.41) is 11.7. The van der Waals surface area contributed by atoms with Gasteiger partial charge in [-0.25, -0.2) is 4.68 Å². The van der Waals surface area contributed by atoms with Gasteiger partial charge in [0.25, 0.3) is 5.89 Å². The Morgan fingerprint density at radius 3 is 2.79 bits per heavy atom. The van der Waals surface area contributed by atoms with E-state index in [0.717, 1.165) is 11.3 Å². The van der Waals surface area contributed by atoms with E-state index >= 15 is 0 Å². The summed E-state index contributed by atoms with van der Waals surface area (Å²) < 4.78 is 6.84. The van der Waals surface area contributed by atoms with Crippen molar-refractivity contribution in [2.75, 3.05) is 0 Å². The first-order valence-corrected chi connectivity index (χ1v) is 5.82. The Morgan fingerprint density at radius 1 is 1.21 bits per heavy atom. The van der Waals surface area contributed by atoms with Crippen LogP contribution in [0.25, 0.3) is 11.5 Å². The van der Waals surface area contributed by atoms with Crippen molar-refractivity contribution >= 4 is 0 Å². The standard InChI is InChI=1S/C12H12N6O/c13-6-10-7-18(17-15-10)8-11-14-12(19-16-11)9-4-2-1-3-5-9/h1-5,7H,6,8,13H2. The zero-order valence-corrected chi connectivity index (χ0v) is 10.1. The van der Waals surface area contributed by atoms with Crippen LogP contribution < -0.4 is 5.73 Å². The zero-order chi connectivity index (χ0) is 13.1. The molecule has 0 saturated heterocycles. The molecular weight excluding hydrogens is 244 g/mol. The molecular formula is C12H12N6O. The fourth-order valence-corrected chi connectivity index (χ4v) is 1.67. The number of hydrogen-bond donors (Lipinski definition) is 1. The highest BCUT2D eigenvalue weighted by Crippen LogP contribution is 2.16. The summed E-state index contributed by atoms with van der Waals surface area (Å²) in [7, 11) is 0. The molecule has 3 rings (SSSR count). The molecule has 0 atom stereocenters. The molecule has 2 N–H and O–H groups in total. The van der Waals surface area contributed by atoms with Crippen molar-refractivity contribution in [3.8, 4) is 11.5 Å². The first-order valence-electron chi connectivity index (χ1n) is 5.82. The largest absolute Gasteiger partial charge is 0.334 e. The minimum Gasteiger partial charge on any atom is -0.334 e. The van der Waals surface area contributed by atoms with Crippen molar-refractivity contribution in [2.45, 2.75) is 13.1 Å². The summed E-state index contributed by atoms with van der Waals surface area (Å²) in [6, 6.07) is 9.61. The highest BCUT2D eigenvalue weighted by atomic mass is 16.5. The Morgan fingerprint density at radius 2 is 2.05 bits per heavy atom. The van der Waals surface area contributed by atoms with Crippen molar-refractivity contribution < 1.29 is 4.52 Å². The maximum atomic E-state index is 5.47. The summed E-state index contributed by atoms with van der Waals surface area (Å²) >= 11 is 0. The van der Waals surface area contributed by atoms with E-state index in [1.165, 1.54) is 0 Å². The minimum atomic E-state index is 0.363. The molecule has 96 valence electrons. The van der Waals surface area contributed by atoms with Crippen molar-refractivity contribution in [3.63, 3.8) is 0 Å². The average molecular weight is 256 g/mol. The quantitative estimate of drug-likeness (QED) is 0.743. The first kappa shape index (κ1) is 11.5. The maximum absolute atomic E-state index is 5.47. The van der Waals surface area contributed by atoms with E-state index in [1.807, 2.05) is 30.3 Å². The lowest BCUT2D eigenvalue weighted by atomic mass is 10.2. The molecule has 3 aromatic rings. The van der Waals surface area contributed by atoms with E-state index in [-0.39, 0.29) is 0 Å². The van der Waals surface area contributed by atoms with Gasteiger partial charge in [0.2, 0.25) is 0 Å². The van der Waals surface area contributed by atoms with Crippen LogP contribution in [-0.4, -0.2) is 25.1 Å². The van der Waals surface area contributed by atoms with Crippen LogP contribution in [0.2, 0.25) is 0 Å². The number of hydrogen-bond acceptors (Lipinski definition) is 6. The molecule has 2 aromatic heterocycles. The molecule has 0 radical (unpaired) electrons. The normalized spacial score (nSPS) is 10.8. The van der Waals surface area contributed by atoms with Crippen LogP contribution in [0.15, 0.2) is 41.1 Å². The van der Waals surface area contributed by atoms with Gasteiger partial charge in [-0.15, -0.1) is 5.10 Å². The third-order valence-electron chi connectivity index (χ3n) is 2.59. The molecule has 7 nitrogen and oxygen atoms in total. The van der Waals surface area contributed by atoms with E-state index in [2.05, 4.69) is 20.5 Å². The Kier molecular flexibility index (Phi) is 3.03. The van der Waals surface area contributed by atoms with Crippen LogP contribution in [0.5, 0.6) is 0 Å². The molecule has 0 saturated carbocycles. The van der Waals surface area contributed by atoms with E-state index in [9.17, 15) is 0 Å². The third-order valence-corrected chi connectivity index (χ3v) is 2.59. The van der Waals surface area contributed by atoms with Crippen LogP contribution in [0.1, 0.15) is 11.5 Å². The summed E-state index contributed by atoms with van der Waals surface area (Å²) in [5.41, 5.74) is 7.09. The number of aromatic nitrogens is 5. The monoisotopic (exact) mass is 256 g/mol.